The summed E-state index contributed by atoms with van der Waals surface area (Å²) in [5, 5.41) is 5.60. The first-order chi connectivity index (χ1) is 12.2. The standard InChI is InChI=1S/C19H20N2O4/c1-24-16-7-2-3-8-17(16)25-12-18(22)20-14-5-4-6-15(11-14)21-19(23)13-9-10-13/h2-8,11,13H,9-10,12H2,1H3,(H,20,22)(H,21,23). The van der Waals surface area contributed by atoms with Gasteiger partial charge in [-0.05, 0) is 43.2 Å². The number of benzene rings is 2. The second kappa shape index (κ2) is 7.70. The van der Waals surface area contributed by atoms with E-state index in [2.05, 4.69) is 10.6 Å². The Hall–Kier alpha value is -3.02. The van der Waals surface area contributed by atoms with Gasteiger partial charge >= 0.3 is 0 Å². The Morgan fingerprint density at radius 3 is 2.36 bits per heavy atom. The van der Waals surface area contributed by atoms with E-state index in [-0.39, 0.29) is 24.3 Å². The van der Waals surface area contributed by atoms with E-state index < -0.39 is 0 Å². The van der Waals surface area contributed by atoms with Gasteiger partial charge in [0.05, 0.1) is 7.11 Å². The van der Waals surface area contributed by atoms with Crippen molar-refractivity contribution in [2.45, 2.75) is 12.8 Å². The molecule has 0 unspecified atom stereocenters. The third-order valence-corrected chi connectivity index (χ3v) is 3.79. The summed E-state index contributed by atoms with van der Waals surface area (Å²) in [6.07, 6.45) is 1.89. The molecule has 0 aromatic heterocycles. The first-order valence-corrected chi connectivity index (χ1v) is 8.12. The number of ether oxygens (including phenoxy) is 2. The molecule has 2 N–H and O–H groups in total. The van der Waals surface area contributed by atoms with Crippen LogP contribution >= 0.6 is 0 Å². The number of amides is 2. The Morgan fingerprint density at radius 2 is 1.68 bits per heavy atom. The zero-order chi connectivity index (χ0) is 17.6. The molecule has 3 rings (SSSR count). The van der Waals surface area contributed by atoms with Gasteiger partial charge in [0.25, 0.3) is 5.91 Å². The Labute approximate surface area is 146 Å². The maximum atomic E-state index is 12.1. The number of carbonyl (C=O) groups excluding carboxylic acids is 2. The van der Waals surface area contributed by atoms with Gasteiger partial charge in [0.2, 0.25) is 5.91 Å². The highest BCUT2D eigenvalue weighted by Gasteiger charge is 2.29. The van der Waals surface area contributed by atoms with E-state index in [9.17, 15) is 9.59 Å². The zero-order valence-electron chi connectivity index (χ0n) is 14.0. The summed E-state index contributed by atoms with van der Waals surface area (Å²) < 4.78 is 10.7. The third kappa shape index (κ3) is 4.73. The minimum atomic E-state index is -0.295. The Balaban J connectivity index is 1.54. The van der Waals surface area contributed by atoms with Gasteiger partial charge in [-0.2, -0.15) is 0 Å². The van der Waals surface area contributed by atoms with Gasteiger partial charge in [-0.3, -0.25) is 9.59 Å². The summed E-state index contributed by atoms with van der Waals surface area (Å²) in [7, 11) is 1.55. The van der Waals surface area contributed by atoms with E-state index >= 15 is 0 Å². The fourth-order valence-corrected chi connectivity index (χ4v) is 2.34. The van der Waals surface area contributed by atoms with Gasteiger partial charge in [0.15, 0.2) is 18.1 Å². The molecule has 0 spiro atoms. The molecule has 0 atom stereocenters. The lowest BCUT2D eigenvalue weighted by molar-refractivity contribution is -0.118. The van der Waals surface area contributed by atoms with Crippen LogP contribution in [0.5, 0.6) is 11.5 Å². The van der Waals surface area contributed by atoms with Crippen LogP contribution in [0.4, 0.5) is 11.4 Å². The summed E-state index contributed by atoms with van der Waals surface area (Å²) in [6.45, 7) is -0.140. The second-order valence-corrected chi connectivity index (χ2v) is 5.83. The molecule has 0 aliphatic heterocycles. The van der Waals surface area contributed by atoms with Gasteiger partial charge in [0, 0.05) is 17.3 Å². The van der Waals surface area contributed by atoms with Gasteiger partial charge in [-0.25, -0.2) is 0 Å². The van der Waals surface area contributed by atoms with Crippen LogP contribution in [0.3, 0.4) is 0 Å². The lowest BCUT2D eigenvalue weighted by atomic mass is 10.2. The maximum absolute atomic E-state index is 12.1. The zero-order valence-corrected chi connectivity index (χ0v) is 14.0. The van der Waals surface area contributed by atoms with Gasteiger partial charge in [-0.1, -0.05) is 18.2 Å². The van der Waals surface area contributed by atoms with Crippen molar-refractivity contribution in [3.8, 4) is 11.5 Å². The van der Waals surface area contributed by atoms with E-state index in [4.69, 9.17) is 9.47 Å². The van der Waals surface area contributed by atoms with Crippen LogP contribution in [0, 0.1) is 5.92 Å². The van der Waals surface area contributed by atoms with Crippen molar-refractivity contribution in [3.63, 3.8) is 0 Å². The molecule has 0 heterocycles. The molecule has 25 heavy (non-hydrogen) atoms. The van der Waals surface area contributed by atoms with Crippen LogP contribution in [0.2, 0.25) is 0 Å². The summed E-state index contributed by atoms with van der Waals surface area (Å²) in [4.78, 5) is 23.9. The summed E-state index contributed by atoms with van der Waals surface area (Å²) in [6, 6.07) is 14.2. The number of anilines is 2. The van der Waals surface area contributed by atoms with Crippen LogP contribution in [0.25, 0.3) is 0 Å². The number of hydrogen-bond acceptors (Lipinski definition) is 4. The minimum absolute atomic E-state index is 0.0305. The van der Waals surface area contributed by atoms with Crippen molar-refractivity contribution in [1.29, 1.82) is 0 Å². The molecule has 2 aromatic rings. The average molecular weight is 340 g/mol. The second-order valence-electron chi connectivity index (χ2n) is 5.83. The molecule has 1 fully saturated rings. The summed E-state index contributed by atoms with van der Waals surface area (Å²) in [5.41, 5.74) is 1.27. The van der Waals surface area contributed by atoms with Gasteiger partial charge in [0.1, 0.15) is 0 Å². The van der Waals surface area contributed by atoms with Crippen molar-refractivity contribution in [3.05, 3.63) is 48.5 Å². The lowest BCUT2D eigenvalue weighted by Crippen LogP contribution is -2.20. The molecule has 0 bridgehead atoms. The first-order valence-electron chi connectivity index (χ1n) is 8.12. The van der Waals surface area contributed by atoms with E-state index in [1.54, 1.807) is 43.5 Å². The monoisotopic (exact) mass is 340 g/mol. The highest BCUT2D eigenvalue weighted by molar-refractivity contribution is 5.96. The van der Waals surface area contributed by atoms with Crippen LogP contribution in [-0.4, -0.2) is 25.5 Å². The number of methoxy groups -OCH3 is 1. The van der Waals surface area contributed by atoms with Crippen molar-refractivity contribution in [2.24, 2.45) is 5.92 Å². The molecule has 1 aliphatic rings. The van der Waals surface area contributed by atoms with Crippen molar-refractivity contribution >= 4 is 23.2 Å². The SMILES string of the molecule is COc1ccccc1OCC(=O)Nc1cccc(NC(=O)C2CC2)c1. The van der Waals surface area contributed by atoms with Crippen LogP contribution in [0.1, 0.15) is 12.8 Å². The van der Waals surface area contributed by atoms with Gasteiger partial charge < -0.3 is 20.1 Å². The normalized spacial score (nSPS) is 13.0. The van der Waals surface area contributed by atoms with E-state index in [0.717, 1.165) is 12.8 Å². The highest BCUT2D eigenvalue weighted by Crippen LogP contribution is 2.30. The third-order valence-electron chi connectivity index (χ3n) is 3.79. The molecule has 1 aliphatic carbocycles. The van der Waals surface area contributed by atoms with E-state index in [0.29, 0.717) is 22.9 Å². The van der Waals surface area contributed by atoms with Crippen molar-refractivity contribution in [1.82, 2.24) is 0 Å². The molecule has 0 saturated heterocycles. The molecule has 0 radical (unpaired) electrons. The molecule has 6 nitrogen and oxygen atoms in total. The topological polar surface area (TPSA) is 76.7 Å². The molecule has 1 saturated carbocycles. The molecular formula is C19H20N2O4. The lowest BCUT2D eigenvalue weighted by Gasteiger charge is -2.11. The molecular weight excluding hydrogens is 320 g/mol. The number of para-hydroxylation sites is 2. The summed E-state index contributed by atoms with van der Waals surface area (Å²) >= 11 is 0. The number of rotatable bonds is 7. The summed E-state index contributed by atoms with van der Waals surface area (Å²) in [5.74, 6) is 0.942. The molecule has 2 amide bonds. The number of nitrogens with one attached hydrogen (secondary N) is 2. The van der Waals surface area contributed by atoms with Crippen LogP contribution in [0.15, 0.2) is 48.5 Å². The number of carbonyl (C=O) groups is 2. The van der Waals surface area contributed by atoms with E-state index in [1.165, 1.54) is 0 Å². The molecule has 130 valence electrons. The first kappa shape index (κ1) is 16.8. The smallest absolute Gasteiger partial charge is 0.262 e. The van der Waals surface area contributed by atoms with Gasteiger partial charge in [-0.15, -0.1) is 0 Å². The Bertz CT molecular complexity index is 772. The maximum Gasteiger partial charge on any atom is 0.262 e. The largest absolute Gasteiger partial charge is 0.493 e. The number of hydrogen-bond donors (Lipinski definition) is 2. The predicted molar refractivity (Wildman–Crippen MR) is 94.9 cm³/mol. The Kier molecular flexibility index (Phi) is 5.18. The highest BCUT2D eigenvalue weighted by atomic mass is 16.5. The van der Waals surface area contributed by atoms with Crippen LogP contribution < -0.4 is 20.1 Å². The quantitative estimate of drug-likeness (QED) is 0.812. The van der Waals surface area contributed by atoms with Crippen molar-refractivity contribution in [2.75, 3.05) is 24.4 Å². The fourth-order valence-electron chi connectivity index (χ4n) is 2.34. The fraction of sp³-hybridized carbons (Fsp3) is 0.263. The molecule has 6 heteroatoms. The minimum Gasteiger partial charge on any atom is -0.493 e. The Morgan fingerprint density at radius 1 is 1.00 bits per heavy atom. The van der Waals surface area contributed by atoms with Crippen molar-refractivity contribution < 1.29 is 19.1 Å². The predicted octanol–water partition coefficient (Wildman–Crippen LogP) is 3.06. The molecule has 2 aromatic carbocycles. The van der Waals surface area contributed by atoms with E-state index in [1.807, 2.05) is 12.1 Å². The average Bonchev–Trinajstić information content (AvgIpc) is 3.45. The van der Waals surface area contributed by atoms with Crippen LogP contribution in [-0.2, 0) is 9.59 Å².